The van der Waals surface area contributed by atoms with Crippen LogP contribution < -0.4 is 0 Å². The van der Waals surface area contributed by atoms with Crippen LogP contribution in [-0.4, -0.2) is 37.2 Å². The first-order chi connectivity index (χ1) is 21.3. The second kappa shape index (κ2) is 22.9. The molecule has 0 fully saturated rings. The van der Waals surface area contributed by atoms with Gasteiger partial charge in [0.1, 0.15) is 13.2 Å². The molecule has 272 valence electrons. The summed E-state index contributed by atoms with van der Waals surface area (Å²) in [4.78, 5) is 36.6. The topological polar surface area (TPSA) is 78.9 Å². The van der Waals surface area contributed by atoms with Gasteiger partial charge in [0.25, 0.3) is 0 Å². The predicted molar refractivity (Wildman–Crippen MR) is 192 cm³/mol. The molecular weight excluding hydrogens is 576 g/mol. The summed E-state index contributed by atoms with van der Waals surface area (Å²) in [7, 11) is 0. The Bertz CT molecular complexity index is 841. The highest BCUT2D eigenvalue weighted by atomic mass is 16.6. The van der Waals surface area contributed by atoms with Crippen molar-refractivity contribution in [2.45, 2.75) is 204 Å². The summed E-state index contributed by atoms with van der Waals surface area (Å²) in [5, 5.41) is 0. The zero-order valence-electron chi connectivity index (χ0n) is 32.4. The van der Waals surface area contributed by atoms with E-state index in [-0.39, 0.29) is 36.0 Å². The quantitative estimate of drug-likeness (QED) is 0.0475. The average molecular weight is 653 g/mol. The molecule has 0 radical (unpaired) electrons. The number of rotatable bonds is 28. The Balaban J connectivity index is 4.55. The lowest BCUT2D eigenvalue weighted by atomic mass is 9.74. The molecule has 0 saturated heterocycles. The van der Waals surface area contributed by atoms with Gasteiger partial charge in [-0.25, -0.2) is 0 Å². The van der Waals surface area contributed by atoms with Crippen LogP contribution in [0.5, 0.6) is 0 Å². The predicted octanol–water partition coefficient (Wildman–Crippen LogP) is 11.6. The molecule has 0 aliphatic rings. The Kier molecular flexibility index (Phi) is 22.1. The fourth-order valence-corrected chi connectivity index (χ4v) is 5.97. The number of hydrogen-bond acceptors (Lipinski definition) is 6. The van der Waals surface area contributed by atoms with Gasteiger partial charge in [0.2, 0.25) is 0 Å². The minimum atomic E-state index is -0.795. The smallest absolute Gasteiger partial charge is 0.306 e. The van der Waals surface area contributed by atoms with Gasteiger partial charge in [-0.1, -0.05) is 114 Å². The first-order valence-electron chi connectivity index (χ1n) is 18.8. The number of carbonyl (C=O) groups excluding carboxylic acids is 3. The van der Waals surface area contributed by atoms with Gasteiger partial charge in [0.15, 0.2) is 6.10 Å². The van der Waals surface area contributed by atoms with Crippen LogP contribution in [0.1, 0.15) is 198 Å². The van der Waals surface area contributed by atoms with E-state index in [0.717, 1.165) is 38.5 Å². The average Bonchev–Trinajstić information content (AvgIpc) is 2.95. The van der Waals surface area contributed by atoms with E-state index in [0.29, 0.717) is 23.7 Å². The molecule has 0 aromatic carbocycles. The van der Waals surface area contributed by atoms with Crippen LogP contribution in [0.15, 0.2) is 0 Å². The molecule has 1 atom stereocenters. The number of hydrogen-bond donors (Lipinski definition) is 0. The first kappa shape index (κ1) is 44.4. The first-order valence-corrected chi connectivity index (χ1v) is 18.8. The zero-order valence-corrected chi connectivity index (χ0v) is 32.4. The van der Waals surface area contributed by atoms with Gasteiger partial charge in [0, 0.05) is 19.8 Å². The van der Waals surface area contributed by atoms with Gasteiger partial charge in [-0.05, 0) is 85.9 Å². The summed E-state index contributed by atoms with van der Waals surface area (Å²) in [6, 6.07) is 0. The van der Waals surface area contributed by atoms with E-state index in [1.807, 2.05) is 0 Å². The molecule has 1 unspecified atom stereocenters. The Hall–Kier alpha value is -1.59. The summed E-state index contributed by atoms with van der Waals surface area (Å²) in [5.74, 6) is -1.11. The van der Waals surface area contributed by atoms with Gasteiger partial charge in [0.05, 0.1) is 0 Å². The second-order valence-electron chi connectivity index (χ2n) is 17.2. The summed E-state index contributed by atoms with van der Waals surface area (Å²) in [6.45, 7) is 24.3. The maximum Gasteiger partial charge on any atom is 0.306 e. The molecule has 0 amide bonds. The molecule has 0 spiro atoms. The van der Waals surface area contributed by atoms with E-state index in [1.54, 1.807) is 0 Å². The van der Waals surface area contributed by atoms with Gasteiger partial charge in [-0.2, -0.15) is 0 Å². The largest absolute Gasteiger partial charge is 0.462 e. The molecule has 0 bridgehead atoms. The normalized spacial score (nSPS) is 13.4. The van der Waals surface area contributed by atoms with Crippen LogP contribution >= 0.6 is 0 Å². The van der Waals surface area contributed by atoms with Crippen LogP contribution in [0, 0.1) is 21.7 Å². The molecule has 0 aromatic heterocycles. The van der Waals surface area contributed by atoms with E-state index in [4.69, 9.17) is 14.2 Å². The third kappa shape index (κ3) is 25.5. The molecular formula is C40H76O6. The van der Waals surface area contributed by atoms with Crippen LogP contribution in [-0.2, 0) is 28.6 Å². The van der Waals surface area contributed by atoms with Crippen molar-refractivity contribution in [3.8, 4) is 0 Å². The van der Waals surface area contributed by atoms with Gasteiger partial charge < -0.3 is 14.2 Å². The van der Waals surface area contributed by atoms with Gasteiger partial charge >= 0.3 is 17.9 Å². The number of ether oxygens (including phenoxy) is 3. The molecule has 0 saturated carbocycles. The van der Waals surface area contributed by atoms with Crippen molar-refractivity contribution in [3.05, 3.63) is 0 Å². The molecule has 0 N–H and O–H groups in total. The summed E-state index contributed by atoms with van der Waals surface area (Å²) in [6.07, 6.45) is 19.3. The molecule has 0 heterocycles. The van der Waals surface area contributed by atoms with Crippen LogP contribution in [0.25, 0.3) is 0 Å². The summed E-state index contributed by atoms with van der Waals surface area (Å²) >= 11 is 0. The van der Waals surface area contributed by atoms with Crippen LogP contribution in [0.4, 0.5) is 0 Å². The molecule has 0 aliphatic heterocycles. The number of esters is 3. The second-order valence-corrected chi connectivity index (χ2v) is 17.2. The van der Waals surface area contributed by atoms with Crippen molar-refractivity contribution in [1.82, 2.24) is 0 Å². The van der Waals surface area contributed by atoms with E-state index in [1.165, 1.54) is 77.6 Å². The Morgan fingerprint density at radius 2 is 0.848 bits per heavy atom. The van der Waals surface area contributed by atoms with Crippen LogP contribution in [0.3, 0.4) is 0 Å². The molecule has 0 aromatic rings. The van der Waals surface area contributed by atoms with E-state index in [2.05, 4.69) is 69.2 Å². The van der Waals surface area contributed by atoms with Crippen molar-refractivity contribution >= 4 is 17.9 Å². The van der Waals surface area contributed by atoms with E-state index < -0.39 is 12.1 Å². The zero-order chi connectivity index (χ0) is 35.3. The lowest BCUT2D eigenvalue weighted by molar-refractivity contribution is -0.166. The van der Waals surface area contributed by atoms with E-state index in [9.17, 15) is 14.4 Å². The van der Waals surface area contributed by atoms with Crippen molar-refractivity contribution in [3.63, 3.8) is 0 Å². The fraction of sp³-hybridized carbons (Fsp3) is 0.925. The monoisotopic (exact) mass is 653 g/mol. The Labute approximate surface area is 285 Å². The van der Waals surface area contributed by atoms with Gasteiger partial charge in [-0.15, -0.1) is 0 Å². The molecule has 6 nitrogen and oxygen atoms in total. The maximum absolute atomic E-state index is 12.7. The maximum atomic E-state index is 12.7. The molecule has 46 heavy (non-hydrogen) atoms. The number of unbranched alkanes of at least 4 members (excludes halogenated alkanes) is 5. The summed E-state index contributed by atoms with van der Waals surface area (Å²) < 4.78 is 16.2. The standard InChI is InChI=1S/C40H76O6/c1-12-14-17-23-37(4,5)27-28-39(8,9)25-19-16-21-35(42)45-32-34(31-44-33(3)41)46-36(43)22-20-26-40(10,11)30-29-38(6,7)24-18-15-13-2/h34H,12-32H2,1-11H3. The summed E-state index contributed by atoms with van der Waals surface area (Å²) in [5.41, 5.74) is 1.11. The van der Waals surface area contributed by atoms with Crippen molar-refractivity contribution < 1.29 is 28.6 Å². The van der Waals surface area contributed by atoms with E-state index >= 15 is 0 Å². The third-order valence-corrected chi connectivity index (χ3v) is 9.79. The Morgan fingerprint density at radius 3 is 1.26 bits per heavy atom. The minimum Gasteiger partial charge on any atom is -0.462 e. The Morgan fingerprint density at radius 1 is 0.478 bits per heavy atom. The van der Waals surface area contributed by atoms with Crippen molar-refractivity contribution in [2.24, 2.45) is 21.7 Å². The lowest BCUT2D eigenvalue weighted by Gasteiger charge is -2.31. The number of carbonyl (C=O) groups is 3. The van der Waals surface area contributed by atoms with Crippen molar-refractivity contribution in [2.75, 3.05) is 13.2 Å². The lowest BCUT2D eigenvalue weighted by Crippen LogP contribution is -2.30. The molecule has 0 aliphatic carbocycles. The molecule has 0 rings (SSSR count). The SMILES string of the molecule is CCCCCC(C)(C)CCC(C)(C)CCCCC(=O)OCC(COC(C)=O)OC(=O)CCCC(C)(C)CCC(C)(C)CCCCC. The highest BCUT2D eigenvalue weighted by molar-refractivity contribution is 5.70. The minimum absolute atomic E-state index is 0.102. The van der Waals surface area contributed by atoms with Gasteiger partial charge in [-0.3, -0.25) is 14.4 Å². The van der Waals surface area contributed by atoms with Crippen molar-refractivity contribution in [1.29, 1.82) is 0 Å². The highest BCUT2D eigenvalue weighted by Gasteiger charge is 2.26. The van der Waals surface area contributed by atoms with Crippen LogP contribution in [0.2, 0.25) is 0 Å². The fourth-order valence-electron chi connectivity index (χ4n) is 5.97. The molecule has 6 heteroatoms. The third-order valence-electron chi connectivity index (χ3n) is 9.79. The highest BCUT2D eigenvalue weighted by Crippen LogP contribution is 2.38.